The fourth-order valence-corrected chi connectivity index (χ4v) is 3.88. The number of hydrogen-bond acceptors (Lipinski definition) is 3. The summed E-state index contributed by atoms with van der Waals surface area (Å²) >= 11 is 0. The molecule has 1 amide bonds. The Morgan fingerprint density at radius 2 is 1.90 bits per heavy atom. The molecule has 0 spiro atoms. The molecular formula is C22H37IN4O2. The van der Waals surface area contributed by atoms with Crippen molar-refractivity contribution in [2.75, 3.05) is 33.8 Å². The molecule has 1 aromatic rings. The largest absolute Gasteiger partial charge is 0.494 e. The molecule has 2 N–H and O–H groups in total. The van der Waals surface area contributed by atoms with Gasteiger partial charge in [0.05, 0.1) is 18.6 Å². The van der Waals surface area contributed by atoms with E-state index < -0.39 is 0 Å². The smallest absolute Gasteiger partial charge is 0.230 e. The van der Waals surface area contributed by atoms with E-state index in [0.717, 1.165) is 55.1 Å². The maximum atomic E-state index is 12.8. The van der Waals surface area contributed by atoms with Gasteiger partial charge in [0, 0.05) is 27.2 Å². The van der Waals surface area contributed by atoms with Gasteiger partial charge in [0.25, 0.3) is 0 Å². The Bertz CT molecular complexity index is 685. The van der Waals surface area contributed by atoms with Crippen molar-refractivity contribution >= 4 is 35.8 Å². The van der Waals surface area contributed by atoms with Crippen molar-refractivity contribution in [3.05, 3.63) is 29.3 Å². The highest BCUT2D eigenvalue weighted by Gasteiger charge is 2.42. The average molecular weight is 516 g/mol. The van der Waals surface area contributed by atoms with Gasteiger partial charge in [-0.1, -0.05) is 25.0 Å². The molecule has 1 aliphatic carbocycles. The third-order valence-electron chi connectivity index (χ3n) is 5.32. The molecule has 0 aliphatic heterocycles. The van der Waals surface area contributed by atoms with Crippen LogP contribution in [-0.2, 0) is 11.3 Å². The van der Waals surface area contributed by atoms with Crippen molar-refractivity contribution in [1.29, 1.82) is 0 Å². The minimum Gasteiger partial charge on any atom is -0.494 e. The third-order valence-corrected chi connectivity index (χ3v) is 5.32. The summed E-state index contributed by atoms with van der Waals surface area (Å²) in [6.07, 6.45) is 4.10. The molecule has 2 rings (SSSR count). The number of aliphatic imine (C=N–C) groups is 1. The highest BCUT2D eigenvalue weighted by molar-refractivity contribution is 14.0. The molecule has 6 nitrogen and oxygen atoms in total. The van der Waals surface area contributed by atoms with Crippen LogP contribution >= 0.6 is 24.0 Å². The van der Waals surface area contributed by atoms with Crippen LogP contribution in [0, 0.1) is 12.3 Å². The van der Waals surface area contributed by atoms with Crippen LogP contribution in [-0.4, -0.2) is 50.6 Å². The zero-order chi connectivity index (χ0) is 20.6. The number of nitrogens with zero attached hydrogens (tertiary/aromatic N) is 2. The fraction of sp³-hybridized carbons (Fsp3) is 0.636. The molecule has 0 aromatic heterocycles. The highest BCUT2D eigenvalue weighted by Crippen LogP contribution is 2.38. The predicted molar refractivity (Wildman–Crippen MR) is 130 cm³/mol. The number of carbonyl (C=O) groups is 1. The van der Waals surface area contributed by atoms with Gasteiger partial charge >= 0.3 is 0 Å². The van der Waals surface area contributed by atoms with E-state index in [1.807, 2.05) is 27.1 Å². The van der Waals surface area contributed by atoms with Gasteiger partial charge in [-0.2, -0.15) is 0 Å². The molecule has 1 aromatic carbocycles. The zero-order valence-corrected chi connectivity index (χ0v) is 20.8. The second-order valence-corrected chi connectivity index (χ2v) is 7.77. The first-order valence-corrected chi connectivity index (χ1v) is 10.4. The van der Waals surface area contributed by atoms with Gasteiger partial charge < -0.3 is 20.3 Å². The quantitative estimate of drug-likeness (QED) is 0.314. The standard InChI is InChI=1S/C22H36N4O2.HI/c1-6-23-21(24-15-18-10-11-19(28-7-2)17(3)14-18)25-16-22(12-8-9-13-22)20(27)26(4)5;/h10-11,14H,6-9,12-13,15-16H2,1-5H3,(H2,23,24,25);1H. The van der Waals surface area contributed by atoms with Crippen molar-refractivity contribution in [2.45, 2.75) is 53.0 Å². The van der Waals surface area contributed by atoms with E-state index >= 15 is 0 Å². The van der Waals surface area contributed by atoms with E-state index in [1.165, 1.54) is 0 Å². The highest BCUT2D eigenvalue weighted by atomic mass is 127. The lowest BCUT2D eigenvalue weighted by Gasteiger charge is -2.31. The fourth-order valence-electron chi connectivity index (χ4n) is 3.88. The van der Waals surface area contributed by atoms with Crippen LogP contribution in [0.4, 0.5) is 0 Å². The first-order chi connectivity index (χ1) is 13.4. The molecule has 1 saturated carbocycles. The maximum Gasteiger partial charge on any atom is 0.230 e. The van der Waals surface area contributed by atoms with Gasteiger partial charge in [-0.15, -0.1) is 24.0 Å². The summed E-state index contributed by atoms with van der Waals surface area (Å²) in [6.45, 7) is 8.75. The van der Waals surface area contributed by atoms with Crippen LogP contribution in [0.1, 0.15) is 50.7 Å². The van der Waals surface area contributed by atoms with E-state index in [0.29, 0.717) is 19.7 Å². The van der Waals surface area contributed by atoms with Gasteiger partial charge in [-0.3, -0.25) is 4.79 Å². The first-order valence-electron chi connectivity index (χ1n) is 10.4. The number of ether oxygens (including phenoxy) is 1. The summed E-state index contributed by atoms with van der Waals surface area (Å²) < 4.78 is 5.61. The predicted octanol–water partition coefficient (Wildman–Crippen LogP) is 3.72. The Morgan fingerprint density at radius 3 is 2.45 bits per heavy atom. The Balaban J connectivity index is 0.00000420. The number of carbonyl (C=O) groups excluding carboxylic acids is 1. The van der Waals surface area contributed by atoms with E-state index in [-0.39, 0.29) is 35.3 Å². The second-order valence-electron chi connectivity index (χ2n) is 7.77. The molecule has 1 fully saturated rings. The van der Waals surface area contributed by atoms with Crippen LogP contribution in [0.2, 0.25) is 0 Å². The van der Waals surface area contributed by atoms with Crippen molar-refractivity contribution in [3.63, 3.8) is 0 Å². The molecule has 164 valence electrons. The molecule has 0 radical (unpaired) electrons. The lowest BCUT2D eigenvalue weighted by Crippen LogP contribution is -2.49. The van der Waals surface area contributed by atoms with E-state index in [1.54, 1.807) is 4.90 Å². The number of amides is 1. The summed E-state index contributed by atoms with van der Waals surface area (Å²) in [5, 5.41) is 6.72. The summed E-state index contributed by atoms with van der Waals surface area (Å²) in [6, 6.07) is 6.18. The van der Waals surface area contributed by atoms with Gasteiger partial charge in [0.2, 0.25) is 5.91 Å². The lowest BCUT2D eigenvalue weighted by atomic mass is 9.84. The zero-order valence-electron chi connectivity index (χ0n) is 18.5. The molecule has 0 heterocycles. The monoisotopic (exact) mass is 516 g/mol. The Kier molecular flexibility index (Phi) is 10.8. The topological polar surface area (TPSA) is 66.0 Å². The minimum absolute atomic E-state index is 0. The molecule has 0 bridgehead atoms. The number of aryl methyl sites for hydroxylation is 1. The summed E-state index contributed by atoms with van der Waals surface area (Å²) in [5.74, 6) is 1.90. The van der Waals surface area contributed by atoms with Crippen LogP contribution in [0.25, 0.3) is 0 Å². The van der Waals surface area contributed by atoms with Crippen LogP contribution < -0.4 is 15.4 Å². The van der Waals surface area contributed by atoms with Gasteiger partial charge in [-0.05, 0) is 50.8 Å². The van der Waals surface area contributed by atoms with Crippen molar-refractivity contribution in [2.24, 2.45) is 10.4 Å². The van der Waals surface area contributed by atoms with Crippen molar-refractivity contribution < 1.29 is 9.53 Å². The van der Waals surface area contributed by atoms with E-state index in [4.69, 9.17) is 9.73 Å². The molecule has 0 atom stereocenters. The molecule has 7 heteroatoms. The van der Waals surface area contributed by atoms with E-state index in [2.05, 4.69) is 36.6 Å². The average Bonchev–Trinajstić information content (AvgIpc) is 3.15. The Hall–Kier alpha value is -1.51. The summed E-state index contributed by atoms with van der Waals surface area (Å²) in [5.41, 5.74) is 1.95. The number of halogens is 1. The van der Waals surface area contributed by atoms with Gasteiger partial charge in [-0.25, -0.2) is 4.99 Å². The summed E-state index contributed by atoms with van der Waals surface area (Å²) in [4.78, 5) is 19.2. The maximum absolute atomic E-state index is 12.8. The number of benzene rings is 1. The number of nitrogens with one attached hydrogen (secondary N) is 2. The molecule has 1 aliphatic rings. The molecule has 0 saturated heterocycles. The normalized spacial score (nSPS) is 15.4. The van der Waals surface area contributed by atoms with E-state index in [9.17, 15) is 4.79 Å². The van der Waals surface area contributed by atoms with Crippen LogP contribution in [0.3, 0.4) is 0 Å². The minimum atomic E-state index is -0.310. The van der Waals surface area contributed by atoms with Gasteiger partial charge in [0.1, 0.15) is 5.75 Å². The van der Waals surface area contributed by atoms with Crippen LogP contribution in [0.15, 0.2) is 23.2 Å². The lowest BCUT2D eigenvalue weighted by molar-refractivity contribution is -0.138. The first kappa shape index (κ1) is 25.5. The molecular weight excluding hydrogens is 479 g/mol. The Morgan fingerprint density at radius 1 is 1.21 bits per heavy atom. The van der Waals surface area contributed by atoms with Crippen LogP contribution in [0.5, 0.6) is 5.75 Å². The van der Waals surface area contributed by atoms with Crippen molar-refractivity contribution in [3.8, 4) is 5.75 Å². The SMILES string of the molecule is CCNC(=NCc1ccc(OCC)c(C)c1)NCC1(C(=O)N(C)C)CCCC1.I. The summed E-state index contributed by atoms with van der Waals surface area (Å²) in [7, 11) is 3.69. The molecule has 29 heavy (non-hydrogen) atoms. The third kappa shape index (κ3) is 7.04. The second kappa shape index (κ2) is 12.2. The van der Waals surface area contributed by atoms with Crippen molar-refractivity contribution in [1.82, 2.24) is 15.5 Å². The number of hydrogen-bond donors (Lipinski definition) is 2. The number of guanidine groups is 1. The Labute approximate surface area is 192 Å². The molecule has 0 unspecified atom stereocenters. The number of rotatable bonds is 8. The van der Waals surface area contributed by atoms with Gasteiger partial charge in [0.15, 0.2) is 5.96 Å².